The predicted octanol–water partition coefficient (Wildman–Crippen LogP) is 7.57. The first-order chi connectivity index (χ1) is 20.1. The molecule has 6 rings (SSSR count). The van der Waals surface area contributed by atoms with Crippen molar-refractivity contribution in [1.82, 2.24) is 25.1 Å². The van der Waals surface area contributed by atoms with Crippen molar-refractivity contribution in [3.05, 3.63) is 102 Å². The number of furan rings is 1. The summed E-state index contributed by atoms with van der Waals surface area (Å²) < 4.78 is 21.8. The molecule has 0 aliphatic heterocycles. The van der Waals surface area contributed by atoms with Crippen LogP contribution >= 0.6 is 11.8 Å². The lowest BCUT2D eigenvalue weighted by Gasteiger charge is -2.14. The van der Waals surface area contributed by atoms with Gasteiger partial charge >= 0.3 is 0 Å². The summed E-state index contributed by atoms with van der Waals surface area (Å²) in [5.74, 6) is 3.16. The summed E-state index contributed by atoms with van der Waals surface area (Å²) in [6.45, 7) is 3.61. The maximum absolute atomic E-state index is 13.6. The van der Waals surface area contributed by atoms with Gasteiger partial charge in [-0.3, -0.25) is 4.68 Å². The molecule has 6 aromatic rings. The normalized spacial score (nSPS) is 12.3. The molecule has 3 heterocycles. The van der Waals surface area contributed by atoms with Crippen molar-refractivity contribution < 1.29 is 8.81 Å². The number of anilines is 2. The van der Waals surface area contributed by atoms with Crippen LogP contribution in [-0.4, -0.2) is 38.3 Å². The van der Waals surface area contributed by atoms with E-state index in [0.717, 1.165) is 68.9 Å². The van der Waals surface area contributed by atoms with Crippen molar-refractivity contribution in [3.63, 3.8) is 0 Å². The van der Waals surface area contributed by atoms with Gasteiger partial charge in [0.2, 0.25) is 0 Å². The van der Waals surface area contributed by atoms with E-state index in [9.17, 15) is 4.39 Å². The van der Waals surface area contributed by atoms with Gasteiger partial charge in [-0.25, -0.2) is 14.4 Å². The van der Waals surface area contributed by atoms with E-state index in [2.05, 4.69) is 51.0 Å². The highest BCUT2D eigenvalue weighted by Gasteiger charge is 2.16. The third-order valence-electron chi connectivity index (χ3n) is 6.99. The lowest BCUT2D eigenvalue weighted by atomic mass is 10.1. The van der Waals surface area contributed by atoms with E-state index >= 15 is 0 Å². The van der Waals surface area contributed by atoms with Gasteiger partial charge in [0.25, 0.3) is 0 Å². The summed E-state index contributed by atoms with van der Waals surface area (Å²) >= 11 is 1.80. The average molecular weight is 567 g/mol. The monoisotopic (exact) mass is 566 g/mol. The molecule has 3 aromatic carbocycles. The molecule has 1 atom stereocenters. The Morgan fingerprint density at radius 1 is 1.02 bits per heavy atom. The molecule has 208 valence electrons. The first kappa shape index (κ1) is 27.0. The number of fused-ring (bicyclic) bond motifs is 2. The van der Waals surface area contributed by atoms with Crippen molar-refractivity contribution >= 4 is 45.1 Å². The van der Waals surface area contributed by atoms with Crippen LogP contribution < -0.4 is 10.6 Å². The van der Waals surface area contributed by atoms with Crippen LogP contribution in [0.4, 0.5) is 15.9 Å². The molecule has 9 heteroatoms. The highest BCUT2D eigenvalue weighted by Crippen LogP contribution is 2.32. The van der Waals surface area contributed by atoms with Gasteiger partial charge in [0.05, 0.1) is 29.8 Å². The molecular weight excluding hydrogens is 535 g/mol. The Balaban J connectivity index is 1.26. The highest BCUT2D eigenvalue weighted by molar-refractivity contribution is 7.98. The molecular formula is C32H31FN6OS. The fourth-order valence-corrected chi connectivity index (χ4v) is 5.58. The molecule has 3 aromatic heterocycles. The molecule has 0 saturated heterocycles. The summed E-state index contributed by atoms with van der Waals surface area (Å²) in [6.07, 6.45) is 6.57. The minimum atomic E-state index is -0.248. The quantitative estimate of drug-likeness (QED) is 0.167. The van der Waals surface area contributed by atoms with Crippen LogP contribution in [0.5, 0.6) is 0 Å². The predicted molar refractivity (Wildman–Crippen MR) is 165 cm³/mol. The Morgan fingerprint density at radius 2 is 1.95 bits per heavy atom. The molecule has 0 spiro atoms. The number of nitrogens with zero attached hydrogens (tertiary/aromatic N) is 4. The molecule has 0 aliphatic rings. The lowest BCUT2D eigenvalue weighted by molar-refractivity contribution is 0.443. The van der Waals surface area contributed by atoms with Crippen LogP contribution in [0, 0.1) is 5.82 Å². The second kappa shape index (κ2) is 12.1. The zero-order valence-electron chi connectivity index (χ0n) is 23.0. The molecule has 0 bridgehead atoms. The standard InChI is InChI=1S/C32H31FN6OS/c1-3-13-34-28(19-41-2)31-12-11-30(40-31)22-7-9-27-26(16-22)32(36-20-35-27)38-25-8-10-29-23(15-25)17-37-39(29)18-21-5-4-6-24(33)14-21/h4-12,14-17,20,28,34H,3,13,18-19H2,1-2H3,(H,35,36,38). The van der Waals surface area contributed by atoms with E-state index in [0.29, 0.717) is 12.4 Å². The molecule has 1 unspecified atom stereocenters. The first-order valence-corrected chi connectivity index (χ1v) is 15.0. The smallest absolute Gasteiger partial charge is 0.141 e. The van der Waals surface area contributed by atoms with Crippen molar-refractivity contribution in [2.75, 3.05) is 23.9 Å². The van der Waals surface area contributed by atoms with Crippen LogP contribution in [0.3, 0.4) is 0 Å². The summed E-state index contributed by atoms with van der Waals surface area (Å²) in [6, 6.07) is 23.0. The number of benzene rings is 3. The van der Waals surface area contributed by atoms with E-state index in [1.165, 1.54) is 12.1 Å². The number of thioether (sulfide) groups is 1. The number of hydrogen-bond acceptors (Lipinski definition) is 7. The topological polar surface area (TPSA) is 80.8 Å². The van der Waals surface area contributed by atoms with Gasteiger partial charge in [0, 0.05) is 27.8 Å². The fraction of sp³-hybridized carbons (Fsp3) is 0.219. The van der Waals surface area contributed by atoms with Gasteiger partial charge in [0.1, 0.15) is 29.5 Å². The van der Waals surface area contributed by atoms with Crippen molar-refractivity contribution in [1.29, 1.82) is 0 Å². The Morgan fingerprint density at radius 3 is 2.80 bits per heavy atom. The largest absolute Gasteiger partial charge is 0.459 e. The van der Waals surface area contributed by atoms with Crippen molar-refractivity contribution in [2.24, 2.45) is 0 Å². The van der Waals surface area contributed by atoms with Gasteiger partial charge < -0.3 is 15.1 Å². The Labute approximate surface area is 242 Å². The Kier molecular flexibility index (Phi) is 7.98. The van der Waals surface area contributed by atoms with Gasteiger partial charge in [-0.1, -0.05) is 19.1 Å². The minimum Gasteiger partial charge on any atom is -0.459 e. The van der Waals surface area contributed by atoms with Crippen molar-refractivity contribution in [3.8, 4) is 11.3 Å². The van der Waals surface area contributed by atoms with E-state index in [4.69, 9.17) is 4.42 Å². The molecule has 0 saturated carbocycles. The molecule has 0 radical (unpaired) electrons. The number of nitrogens with one attached hydrogen (secondary N) is 2. The molecule has 7 nitrogen and oxygen atoms in total. The van der Waals surface area contributed by atoms with Crippen molar-refractivity contribution in [2.45, 2.75) is 25.9 Å². The average Bonchev–Trinajstić information content (AvgIpc) is 3.63. The van der Waals surface area contributed by atoms with Crippen LogP contribution in [0.25, 0.3) is 33.1 Å². The van der Waals surface area contributed by atoms with Gasteiger partial charge in [0.15, 0.2) is 0 Å². The zero-order chi connectivity index (χ0) is 28.2. The van der Waals surface area contributed by atoms with Crippen LogP contribution in [-0.2, 0) is 6.54 Å². The minimum absolute atomic E-state index is 0.174. The van der Waals surface area contributed by atoms with E-state index in [-0.39, 0.29) is 11.9 Å². The Bertz CT molecular complexity index is 1800. The Hall–Kier alpha value is -4.21. The SMILES string of the molecule is CCCNC(CSC)c1ccc(-c2ccc3ncnc(Nc4ccc5c(cnn5Cc5cccc(F)c5)c4)c3c2)o1. The van der Waals surface area contributed by atoms with Crippen LogP contribution in [0.15, 0.2) is 89.7 Å². The fourth-order valence-electron chi connectivity index (χ4n) is 4.97. The maximum Gasteiger partial charge on any atom is 0.141 e. The highest BCUT2D eigenvalue weighted by atomic mass is 32.2. The third kappa shape index (κ3) is 5.96. The molecule has 0 fully saturated rings. The summed E-state index contributed by atoms with van der Waals surface area (Å²) in [5, 5.41) is 13.5. The number of aromatic nitrogens is 4. The summed E-state index contributed by atoms with van der Waals surface area (Å²) in [4.78, 5) is 9.03. The number of hydrogen-bond donors (Lipinski definition) is 2. The molecule has 41 heavy (non-hydrogen) atoms. The molecule has 0 amide bonds. The molecule has 2 N–H and O–H groups in total. The van der Waals surface area contributed by atoms with E-state index < -0.39 is 0 Å². The maximum atomic E-state index is 13.6. The number of halogens is 1. The van der Waals surface area contributed by atoms with E-state index in [1.807, 2.05) is 53.3 Å². The van der Waals surface area contributed by atoms with Crippen LogP contribution in [0.2, 0.25) is 0 Å². The lowest BCUT2D eigenvalue weighted by Crippen LogP contribution is -2.23. The van der Waals surface area contributed by atoms with Gasteiger partial charge in [-0.05, 0) is 85.4 Å². The molecule has 0 aliphatic carbocycles. The summed E-state index contributed by atoms with van der Waals surface area (Å²) in [5.41, 5.74) is 4.52. The second-order valence-corrected chi connectivity index (χ2v) is 10.9. The summed E-state index contributed by atoms with van der Waals surface area (Å²) in [7, 11) is 0. The first-order valence-electron chi connectivity index (χ1n) is 13.7. The van der Waals surface area contributed by atoms with Gasteiger partial charge in [-0.15, -0.1) is 0 Å². The number of rotatable bonds is 11. The zero-order valence-corrected chi connectivity index (χ0v) is 23.8. The second-order valence-electron chi connectivity index (χ2n) is 9.95. The third-order valence-corrected chi connectivity index (χ3v) is 7.66. The van der Waals surface area contributed by atoms with E-state index in [1.54, 1.807) is 24.2 Å². The van der Waals surface area contributed by atoms with Crippen LogP contribution in [0.1, 0.15) is 30.7 Å². The van der Waals surface area contributed by atoms with Gasteiger partial charge in [-0.2, -0.15) is 16.9 Å².